The smallest absolute Gasteiger partial charge is 0.349 e. The maximum atomic E-state index is 12.8. The topological polar surface area (TPSA) is 134 Å². The van der Waals surface area contributed by atoms with Crippen molar-refractivity contribution in [1.29, 1.82) is 5.26 Å². The van der Waals surface area contributed by atoms with E-state index in [1.165, 1.54) is 33.8 Å². The van der Waals surface area contributed by atoms with Crippen molar-refractivity contribution in [3.05, 3.63) is 78.0 Å². The van der Waals surface area contributed by atoms with Gasteiger partial charge in [0.2, 0.25) is 0 Å². The molecule has 0 bridgehead atoms. The van der Waals surface area contributed by atoms with Crippen molar-refractivity contribution in [3.63, 3.8) is 0 Å². The highest BCUT2D eigenvalue weighted by atomic mass is 32.1. The van der Waals surface area contributed by atoms with E-state index in [9.17, 15) is 20.0 Å². The number of thiazole rings is 1. The zero-order chi connectivity index (χ0) is 32.9. The minimum atomic E-state index is -1.41. The standard InChI is InChI=1S/C35H27N3O7S3/c1-2-38-22-6-4-3-5-18(22)7-8-19-15-20(9-10-23(19)38)30-28-29(45-14-13-44-28)32(48-30)31-27-26(42-11-12-43-27)24(46-31)16-25-33(39)37-34(47-25)21(17-36)35(40)41/h3-6,9-10,15-16H,2,7-8,11-14H2,1H3,(H,37,39)(H,40,41)/b25-16-,34-21+. The lowest BCUT2D eigenvalue weighted by Crippen LogP contribution is -2.21. The van der Waals surface area contributed by atoms with Gasteiger partial charge in [-0.1, -0.05) is 24.3 Å². The molecule has 2 N–H and O–H groups in total. The molecule has 8 rings (SSSR count). The molecular weight excluding hydrogens is 671 g/mol. The summed E-state index contributed by atoms with van der Waals surface area (Å²) in [6.45, 7) is 4.57. The molecule has 0 fully saturated rings. The Morgan fingerprint density at radius 3 is 2.27 bits per heavy atom. The van der Waals surface area contributed by atoms with Crippen molar-refractivity contribution in [2.75, 3.05) is 37.9 Å². The molecule has 0 saturated heterocycles. The molecule has 5 aromatic rings. The summed E-state index contributed by atoms with van der Waals surface area (Å²) in [7, 11) is 0. The summed E-state index contributed by atoms with van der Waals surface area (Å²) in [5, 5.41) is 18.7. The fourth-order valence-corrected chi connectivity index (χ4v) is 9.73. The van der Waals surface area contributed by atoms with E-state index < -0.39 is 17.1 Å². The fraction of sp³-hybridized carbons (Fsp3) is 0.229. The van der Waals surface area contributed by atoms with Crippen LogP contribution in [-0.4, -0.2) is 49.0 Å². The molecule has 3 aromatic heterocycles. The quantitative estimate of drug-likeness (QED) is 0.252. The number of fused-ring (bicyclic) bond motifs is 4. The zero-order valence-corrected chi connectivity index (χ0v) is 28.0. The Morgan fingerprint density at radius 1 is 0.896 bits per heavy atom. The summed E-state index contributed by atoms with van der Waals surface area (Å²) in [5.41, 5.74) is 5.10. The van der Waals surface area contributed by atoms with Crippen LogP contribution >= 0.6 is 34.0 Å². The van der Waals surface area contributed by atoms with Crippen LogP contribution in [0.15, 0.2) is 47.3 Å². The van der Waals surface area contributed by atoms with E-state index in [2.05, 4.69) is 59.3 Å². The molecule has 10 nitrogen and oxygen atoms in total. The summed E-state index contributed by atoms with van der Waals surface area (Å²) in [6.07, 6.45) is 3.52. The summed E-state index contributed by atoms with van der Waals surface area (Å²) >= 11 is 3.87. The van der Waals surface area contributed by atoms with Gasteiger partial charge in [-0.15, -0.1) is 34.0 Å². The number of aryl methyl sites for hydroxylation is 2. The lowest BCUT2D eigenvalue weighted by molar-refractivity contribution is -0.130. The van der Waals surface area contributed by atoms with Gasteiger partial charge in [-0.2, -0.15) is 5.26 Å². The molecule has 0 radical (unpaired) electrons. The van der Waals surface area contributed by atoms with E-state index >= 15 is 0 Å². The van der Waals surface area contributed by atoms with Crippen molar-refractivity contribution in [2.24, 2.45) is 0 Å². The highest BCUT2D eigenvalue weighted by molar-refractivity contribution is 7.25. The number of nitriles is 1. The maximum absolute atomic E-state index is 12.8. The first kappa shape index (κ1) is 30.3. The number of para-hydroxylation sites is 1. The number of ether oxygens (including phenoxy) is 4. The van der Waals surface area contributed by atoms with Crippen molar-refractivity contribution >= 4 is 63.0 Å². The first-order valence-corrected chi connectivity index (χ1v) is 17.8. The first-order chi connectivity index (χ1) is 23.4. The van der Waals surface area contributed by atoms with Crippen LogP contribution in [-0.2, 0) is 17.6 Å². The molecule has 0 spiro atoms. The van der Waals surface area contributed by atoms with Crippen LogP contribution in [0.5, 0.6) is 23.0 Å². The van der Waals surface area contributed by atoms with Gasteiger partial charge in [-0.05, 0) is 60.7 Å². The Morgan fingerprint density at radius 2 is 1.54 bits per heavy atom. The number of rotatable bonds is 5. The lowest BCUT2D eigenvalue weighted by atomic mass is 10.0. The lowest BCUT2D eigenvalue weighted by Gasteiger charge is -2.25. The number of carboxylic acids is 1. The van der Waals surface area contributed by atoms with Gasteiger partial charge in [-0.3, -0.25) is 4.79 Å². The summed E-state index contributed by atoms with van der Waals surface area (Å²) in [5.74, 6) is 1.00. The molecule has 2 aromatic carbocycles. The van der Waals surface area contributed by atoms with E-state index in [1.807, 2.05) is 0 Å². The van der Waals surface area contributed by atoms with Gasteiger partial charge in [0, 0.05) is 17.9 Å². The van der Waals surface area contributed by atoms with Crippen LogP contribution in [0.25, 0.3) is 31.8 Å². The number of benzene rings is 2. The third-order valence-corrected chi connectivity index (χ3v) is 11.9. The number of aromatic nitrogens is 1. The third-order valence-electron chi connectivity index (χ3n) is 8.40. The number of hydrogen-bond donors (Lipinski definition) is 2. The van der Waals surface area contributed by atoms with Crippen LogP contribution in [0.4, 0.5) is 11.4 Å². The Bertz CT molecular complexity index is 2340. The molecule has 3 aliphatic rings. The van der Waals surface area contributed by atoms with Gasteiger partial charge in [0.25, 0.3) is 5.56 Å². The maximum Gasteiger partial charge on any atom is 0.349 e. The normalized spacial score (nSPS) is 15.7. The number of carboxylic acid groups (broad SMARTS) is 1. The molecule has 0 aliphatic carbocycles. The molecule has 48 heavy (non-hydrogen) atoms. The fourth-order valence-electron chi connectivity index (χ4n) is 6.29. The number of aromatic amines is 1. The van der Waals surface area contributed by atoms with Crippen molar-refractivity contribution in [2.45, 2.75) is 19.8 Å². The van der Waals surface area contributed by atoms with Gasteiger partial charge in [0.15, 0.2) is 28.6 Å². The van der Waals surface area contributed by atoms with Gasteiger partial charge in [0.05, 0.1) is 24.0 Å². The predicted molar refractivity (Wildman–Crippen MR) is 186 cm³/mol. The van der Waals surface area contributed by atoms with E-state index in [0.717, 1.165) is 50.9 Å². The molecular formula is C35H27N3O7S3. The Labute approximate surface area is 286 Å². The molecule has 3 aliphatic heterocycles. The molecule has 0 amide bonds. The highest BCUT2D eigenvalue weighted by Gasteiger charge is 2.33. The van der Waals surface area contributed by atoms with E-state index in [4.69, 9.17) is 18.9 Å². The summed E-state index contributed by atoms with van der Waals surface area (Å²) < 4.78 is 25.0. The van der Waals surface area contributed by atoms with E-state index in [1.54, 1.807) is 23.5 Å². The summed E-state index contributed by atoms with van der Waals surface area (Å²) in [4.78, 5) is 32.4. The third kappa shape index (κ3) is 5.04. The minimum Gasteiger partial charge on any atom is -0.485 e. The van der Waals surface area contributed by atoms with Crippen LogP contribution < -0.4 is 38.6 Å². The number of nitrogens with one attached hydrogen (secondary N) is 1. The number of nitrogens with zero attached hydrogens (tertiary/aromatic N) is 2. The number of aliphatic carboxylic acids is 1. The first-order valence-electron chi connectivity index (χ1n) is 15.4. The minimum absolute atomic E-state index is 0.0155. The second-order valence-corrected chi connectivity index (χ2v) is 14.3. The predicted octanol–water partition coefficient (Wildman–Crippen LogP) is 5.28. The number of hydrogen-bond acceptors (Lipinski definition) is 11. The Kier molecular flexibility index (Phi) is 7.71. The molecule has 0 unspecified atom stereocenters. The second kappa shape index (κ2) is 12.2. The number of carbonyl (C=O) groups is 1. The van der Waals surface area contributed by atoms with Crippen LogP contribution in [0.1, 0.15) is 22.9 Å². The number of thiophene rings is 2. The largest absolute Gasteiger partial charge is 0.485 e. The SMILES string of the molecule is CCN1c2ccccc2CCc2cc(-c3sc(-c4sc(/C=c5\s/c(=C(\C#N)C(=O)O)[nH]c5=O)c5c4OCCO5)c4c3OCCO4)ccc21. The number of H-pyrrole nitrogens is 1. The van der Waals surface area contributed by atoms with Crippen LogP contribution in [0, 0.1) is 11.3 Å². The summed E-state index contributed by atoms with van der Waals surface area (Å²) in [6, 6.07) is 16.9. The van der Waals surface area contributed by atoms with Crippen molar-refractivity contribution in [3.8, 4) is 49.3 Å². The average Bonchev–Trinajstić information content (AvgIpc) is 3.75. The highest BCUT2D eigenvalue weighted by Crippen LogP contribution is 2.60. The average molecular weight is 698 g/mol. The van der Waals surface area contributed by atoms with Crippen molar-refractivity contribution in [1.82, 2.24) is 4.98 Å². The monoisotopic (exact) mass is 697 g/mol. The molecule has 0 saturated carbocycles. The molecule has 242 valence electrons. The Balaban J connectivity index is 1.25. The zero-order valence-electron chi connectivity index (χ0n) is 25.6. The van der Waals surface area contributed by atoms with Crippen LogP contribution in [0.2, 0.25) is 0 Å². The number of anilines is 2. The van der Waals surface area contributed by atoms with Crippen LogP contribution in [0.3, 0.4) is 0 Å². The second-order valence-electron chi connectivity index (χ2n) is 11.2. The molecule has 0 atom stereocenters. The van der Waals surface area contributed by atoms with Crippen molar-refractivity contribution < 1.29 is 28.8 Å². The van der Waals surface area contributed by atoms with Gasteiger partial charge >= 0.3 is 5.97 Å². The van der Waals surface area contributed by atoms with Gasteiger partial charge in [0.1, 0.15) is 37.2 Å². The molecule has 13 heteroatoms. The molecule has 6 heterocycles. The van der Waals surface area contributed by atoms with E-state index in [0.29, 0.717) is 54.3 Å². The van der Waals surface area contributed by atoms with Gasteiger partial charge in [-0.25, -0.2) is 4.79 Å². The Hall–Kier alpha value is -5.03. The van der Waals surface area contributed by atoms with E-state index in [-0.39, 0.29) is 9.20 Å². The van der Waals surface area contributed by atoms with Gasteiger partial charge < -0.3 is 33.9 Å².